The van der Waals surface area contributed by atoms with Crippen molar-refractivity contribution in [1.29, 1.82) is 0 Å². The Morgan fingerprint density at radius 3 is 2.70 bits per heavy atom. The summed E-state index contributed by atoms with van der Waals surface area (Å²) in [5, 5.41) is 0. The number of ether oxygens (including phenoxy) is 1. The standard InChI is InChI=1S/C16H14BrFO2/c1-2-20-16-7-6-12(10-14(16)17)15(19)9-11-4-3-5-13(18)8-11/h3-8,10H,2,9H2,1H3. The predicted octanol–water partition coefficient (Wildman–Crippen LogP) is 4.41. The number of halogens is 2. The van der Waals surface area contributed by atoms with Crippen LogP contribution in [0.2, 0.25) is 0 Å². The SMILES string of the molecule is CCOc1ccc(C(=O)Cc2cccc(F)c2)cc1Br. The number of ketones is 1. The number of carbonyl (C=O) groups excluding carboxylic acids is 1. The van der Waals surface area contributed by atoms with E-state index in [0.717, 1.165) is 4.47 Å². The van der Waals surface area contributed by atoms with Gasteiger partial charge in [0.25, 0.3) is 0 Å². The Bertz CT molecular complexity index is 626. The first-order valence-electron chi connectivity index (χ1n) is 6.30. The molecule has 0 heterocycles. The van der Waals surface area contributed by atoms with Gasteiger partial charge in [-0.25, -0.2) is 4.39 Å². The Labute approximate surface area is 125 Å². The van der Waals surface area contributed by atoms with E-state index in [9.17, 15) is 9.18 Å². The van der Waals surface area contributed by atoms with Crippen molar-refractivity contribution in [3.8, 4) is 5.75 Å². The van der Waals surface area contributed by atoms with Gasteiger partial charge in [-0.05, 0) is 58.7 Å². The molecule has 2 nitrogen and oxygen atoms in total. The third-order valence-corrected chi connectivity index (χ3v) is 3.43. The molecule has 104 valence electrons. The van der Waals surface area contributed by atoms with E-state index >= 15 is 0 Å². The Kier molecular flexibility index (Phi) is 4.90. The van der Waals surface area contributed by atoms with Crippen LogP contribution in [-0.2, 0) is 6.42 Å². The Balaban J connectivity index is 2.15. The van der Waals surface area contributed by atoms with Crippen LogP contribution in [0.1, 0.15) is 22.8 Å². The number of Topliss-reactive ketones (excluding diaryl/α,β-unsaturated/α-hetero) is 1. The first kappa shape index (κ1) is 14.7. The van der Waals surface area contributed by atoms with E-state index in [4.69, 9.17) is 4.74 Å². The average molecular weight is 337 g/mol. The molecule has 0 amide bonds. The first-order chi connectivity index (χ1) is 9.60. The largest absolute Gasteiger partial charge is 0.493 e. The maximum Gasteiger partial charge on any atom is 0.167 e. The zero-order chi connectivity index (χ0) is 14.5. The van der Waals surface area contributed by atoms with E-state index in [-0.39, 0.29) is 18.0 Å². The zero-order valence-electron chi connectivity index (χ0n) is 11.0. The van der Waals surface area contributed by atoms with Gasteiger partial charge in [0, 0.05) is 12.0 Å². The molecular weight excluding hydrogens is 323 g/mol. The van der Waals surface area contributed by atoms with Gasteiger partial charge in [0.15, 0.2) is 5.78 Å². The summed E-state index contributed by atoms with van der Waals surface area (Å²) in [4.78, 5) is 12.2. The molecule has 2 aromatic rings. The summed E-state index contributed by atoms with van der Waals surface area (Å²) in [5.74, 6) is 0.317. The van der Waals surface area contributed by atoms with E-state index in [0.29, 0.717) is 23.5 Å². The quantitative estimate of drug-likeness (QED) is 0.756. The van der Waals surface area contributed by atoms with Gasteiger partial charge in [0.05, 0.1) is 11.1 Å². The molecule has 0 bridgehead atoms. The summed E-state index contributed by atoms with van der Waals surface area (Å²) >= 11 is 3.38. The summed E-state index contributed by atoms with van der Waals surface area (Å²) in [5.41, 5.74) is 1.24. The number of benzene rings is 2. The van der Waals surface area contributed by atoms with E-state index in [2.05, 4.69) is 15.9 Å². The fraction of sp³-hybridized carbons (Fsp3) is 0.188. The lowest BCUT2D eigenvalue weighted by Crippen LogP contribution is -2.04. The summed E-state index contributed by atoms with van der Waals surface area (Å²) in [6, 6.07) is 11.3. The molecule has 0 aliphatic heterocycles. The van der Waals surface area contributed by atoms with E-state index < -0.39 is 0 Å². The van der Waals surface area contributed by atoms with Gasteiger partial charge in [0.2, 0.25) is 0 Å². The molecule has 0 aromatic heterocycles. The van der Waals surface area contributed by atoms with Gasteiger partial charge in [0.1, 0.15) is 11.6 Å². The van der Waals surface area contributed by atoms with E-state index in [1.54, 1.807) is 30.3 Å². The second-order valence-electron chi connectivity index (χ2n) is 4.31. The lowest BCUT2D eigenvalue weighted by molar-refractivity contribution is 0.0993. The van der Waals surface area contributed by atoms with Crippen molar-refractivity contribution >= 4 is 21.7 Å². The minimum atomic E-state index is -0.330. The minimum Gasteiger partial charge on any atom is -0.493 e. The van der Waals surface area contributed by atoms with Crippen molar-refractivity contribution in [2.45, 2.75) is 13.3 Å². The second kappa shape index (κ2) is 6.66. The summed E-state index contributed by atoms with van der Waals surface area (Å²) in [6.07, 6.45) is 0.179. The highest BCUT2D eigenvalue weighted by Gasteiger charge is 2.10. The van der Waals surface area contributed by atoms with Gasteiger partial charge < -0.3 is 4.74 Å². The molecule has 0 unspecified atom stereocenters. The topological polar surface area (TPSA) is 26.3 Å². The number of carbonyl (C=O) groups is 1. The first-order valence-corrected chi connectivity index (χ1v) is 7.09. The van der Waals surface area contributed by atoms with Crippen LogP contribution >= 0.6 is 15.9 Å². The lowest BCUT2D eigenvalue weighted by atomic mass is 10.0. The van der Waals surface area contributed by atoms with Crippen molar-refractivity contribution in [2.75, 3.05) is 6.61 Å². The predicted molar refractivity (Wildman–Crippen MR) is 79.7 cm³/mol. The fourth-order valence-electron chi connectivity index (χ4n) is 1.88. The van der Waals surface area contributed by atoms with Crippen LogP contribution < -0.4 is 4.74 Å². The maximum absolute atomic E-state index is 13.1. The molecule has 4 heteroatoms. The minimum absolute atomic E-state index is 0.0562. The van der Waals surface area contributed by atoms with Gasteiger partial charge in [-0.3, -0.25) is 4.79 Å². The monoisotopic (exact) mass is 336 g/mol. The normalized spacial score (nSPS) is 10.3. The average Bonchev–Trinajstić information content (AvgIpc) is 2.41. The van der Waals surface area contributed by atoms with Gasteiger partial charge in [-0.1, -0.05) is 12.1 Å². The van der Waals surface area contributed by atoms with E-state index in [1.807, 2.05) is 6.92 Å². The molecule has 0 spiro atoms. The van der Waals surface area contributed by atoms with Gasteiger partial charge in [-0.2, -0.15) is 0 Å². The van der Waals surface area contributed by atoms with Crippen molar-refractivity contribution in [3.05, 3.63) is 63.9 Å². The number of rotatable bonds is 5. The Morgan fingerprint density at radius 1 is 1.25 bits per heavy atom. The molecule has 20 heavy (non-hydrogen) atoms. The molecule has 0 aliphatic rings. The second-order valence-corrected chi connectivity index (χ2v) is 5.16. The molecule has 0 aliphatic carbocycles. The van der Waals surface area contributed by atoms with Gasteiger partial charge in [-0.15, -0.1) is 0 Å². The van der Waals surface area contributed by atoms with Gasteiger partial charge >= 0.3 is 0 Å². The molecule has 2 rings (SSSR count). The summed E-state index contributed by atoms with van der Waals surface area (Å²) in [6.45, 7) is 2.46. The highest BCUT2D eigenvalue weighted by molar-refractivity contribution is 9.10. The highest BCUT2D eigenvalue weighted by Crippen LogP contribution is 2.26. The summed E-state index contributed by atoms with van der Waals surface area (Å²) in [7, 11) is 0. The van der Waals surface area contributed by atoms with Crippen molar-refractivity contribution in [2.24, 2.45) is 0 Å². The smallest absolute Gasteiger partial charge is 0.167 e. The Hall–Kier alpha value is -1.68. The lowest BCUT2D eigenvalue weighted by Gasteiger charge is -2.07. The molecular formula is C16H14BrFO2. The van der Waals surface area contributed by atoms with E-state index in [1.165, 1.54) is 12.1 Å². The van der Waals surface area contributed by atoms with Crippen LogP contribution in [0.4, 0.5) is 4.39 Å². The van der Waals surface area contributed by atoms with Crippen LogP contribution in [0.5, 0.6) is 5.75 Å². The number of hydrogen-bond acceptors (Lipinski definition) is 2. The third-order valence-electron chi connectivity index (χ3n) is 2.81. The molecule has 2 aromatic carbocycles. The van der Waals surface area contributed by atoms with Crippen LogP contribution in [0.3, 0.4) is 0 Å². The van der Waals surface area contributed by atoms with Crippen LogP contribution in [0.15, 0.2) is 46.9 Å². The van der Waals surface area contributed by atoms with Crippen LogP contribution in [0.25, 0.3) is 0 Å². The molecule has 0 saturated carbocycles. The van der Waals surface area contributed by atoms with Crippen LogP contribution in [-0.4, -0.2) is 12.4 Å². The van der Waals surface area contributed by atoms with Crippen molar-refractivity contribution < 1.29 is 13.9 Å². The molecule has 0 atom stereocenters. The molecule has 0 N–H and O–H groups in total. The molecule has 0 radical (unpaired) electrons. The zero-order valence-corrected chi connectivity index (χ0v) is 12.6. The number of hydrogen-bond donors (Lipinski definition) is 0. The third kappa shape index (κ3) is 3.67. The highest BCUT2D eigenvalue weighted by atomic mass is 79.9. The molecule has 0 fully saturated rings. The molecule has 0 saturated heterocycles. The fourth-order valence-corrected chi connectivity index (χ4v) is 2.37. The summed E-state index contributed by atoms with van der Waals surface area (Å²) < 4.78 is 19.2. The Morgan fingerprint density at radius 2 is 2.05 bits per heavy atom. The maximum atomic E-state index is 13.1. The van der Waals surface area contributed by atoms with Crippen molar-refractivity contribution in [3.63, 3.8) is 0 Å². The van der Waals surface area contributed by atoms with Crippen LogP contribution in [0, 0.1) is 5.82 Å². The van der Waals surface area contributed by atoms with Crippen molar-refractivity contribution in [1.82, 2.24) is 0 Å².